The van der Waals surface area contributed by atoms with Crippen molar-refractivity contribution in [3.8, 4) is 10.6 Å². The molecule has 6 heteroatoms. The summed E-state index contributed by atoms with van der Waals surface area (Å²) in [6.45, 7) is 0.359. The third kappa shape index (κ3) is 3.51. The Morgan fingerprint density at radius 1 is 1.45 bits per heavy atom. The summed E-state index contributed by atoms with van der Waals surface area (Å²) in [4.78, 5) is 18.5. The van der Waals surface area contributed by atoms with Gasteiger partial charge in [-0.05, 0) is 25.0 Å². The molecule has 0 spiro atoms. The summed E-state index contributed by atoms with van der Waals surface area (Å²) in [5.41, 5.74) is 1.41. The third-order valence-electron chi connectivity index (χ3n) is 3.60. The van der Waals surface area contributed by atoms with E-state index < -0.39 is 0 Å². The molecule has 1 aromatic heterocycles. The second-order valence-electron chi connectivity index (χ2n) is 5.37. The average Bonchev–Trinajstić information content (AvgIpc) is 3.23. The maximum absolute atomic E-state index is 13.2. The summed E-state index contributed by atoms with van der Waals surface area (Å²) in [6, 6.07) is 6.56. The molecular weight excluding hydrogens is 303 g/mol. The molecule has 2 aromatic rings. The predicted molar refractivity (Wildman–Crippen MR) is 83.0 cm³/mol. The number of amides is 1. The normalized spacial score (nSPS) is 14.1. The summed E-state index contributed by atoms with van der Waals surface area (Å²) < 4.78 is 13.2. The molecule has 3 rings (SSSR count). The molecule has 1 saturated carbocycles. The standard InChI is InChI=1S/C16H17FN2O2S/c17-12-3-1-2-11(8-12)16-18-13(10-22-16)9-15(21)19(6-7-20)14-4-5-14/h1-3,8,10,14,20H,4-7,9H2. The highest BCUT2D eigenvalue weighted by Gasteiger charge is 2.32. The van der Waals surface area contributed by atoms with Crippen molar-refractivity contribution in [1.29, 1.82) is 0 Å². The minimum atomic E-state index is -0.298. The predicted octanol–water partition coefficient (Wildman–Crippen LogP) is 2.48. The molecule has 116 valence electrons. The van der Waals surface area contributed by atoms with Gasteiger partial charge in [-0.15, -0.1) is 11.3 Å². The van der Waals surface area contributed by atoms with Crippen molar-refractivity contribution in [1.82, 2.24) is 9.88 Å². The number of aliphatic hydroxyl groups excluding tert-OH is 1. The number of rotatable bonds is 6. The molecule has 22 heavy (non-hydrogen) atoms. The molecular formula is C16H17FN2O2S. The zero-order valence-corrected chi connectivity index (χ0v) is 12.9. The summed E-state index contributed by atoms with van der Waals surface area (Å²) in [5.74, 6) is -0.305. The molecule has 0 bridgehead atoms. The van der Waals surface area contributed by atoms with Crippen LogP contribution in [0.1, 0.15) is 18.5 Å². The molecule has 1 amide bonds. The van der Waals surface area contributed by atoms with Crippen molar-refractivity contribution in [2.24, 2.45) is 0 Å². The summed E-state index contributed by atoms with van der Waals surface area (Å²) >= 11 is 1.40. The van der Waals surface area contributed by atoms with Gasteiger partial charge in [-0.3, -0.25) is 4.79 Å². The molecule has 4 nitrogen and oxygen atoms in total. The fourth-order valence-corrected chi connectivity index (χ4v) is 3.22. The van der Waals surface area contributed by atoms with Gasteiger partial charge in [0.1, 0.15) is 10.8 Å². The average molecular weight is 320 g/mol. The van der Waals surface area contributed by atoms with Crippen LogP contribution in [0.4, 0.5) is 4.39 Å². The highest BCUT2D eigenvalue weighted by atomic mass is 32.1. The minimum absolute atomic E-state index is 0.00681. The van der Waals surface area contributed by atoms with Crippen LogP contribution in [0.15, 0.2) is 29.6 Å². The van der Waals surface area contributed by atoms with Gasteiger partial charge >= 0.3 is 0 Å². The van der Waals surface area contributed by atoms with Crippen LogP contribution in [0.2, 0.25) is 0 Å². The van der Waals surface area contributed by atoms with E-state index in [1.165, 1.54) is 23.5 Å². The number of aliphatic hydroxyl groups is 1. The summed E-state index contributed by atoms with van der Waals surface area (Å²) in [7, 11) is 0. The molecule has 1 aliphatic rings. The lowest BCUT2D eigenvalue weighted by molar-refractivity contribution is -0.131. The Labute approximate surface area is 132 Å². The number of carbonyl (C=O) groups excluding carboxylic acids is 1. The van der Waals surface area contributed by atoms with Crippen LogP contribution in [0, 0.1) is 5.82 Å². The number of hydrogen-bond donors (Lipinski definition) is 1. The molecule has 0 radical (unpaired) electrons. The van der Waals surface area contributed by atoms with Crippen LogP contribution in [-0.4, -0.2) is 40.1 Å². The fourth-order valence-electron chi connectivity index (χ4n) is 2.40. The number of carbonyl (C=O) groups is 1. The summed E-state index contributed by atoms with van der Waals surface area (Å²) in [5, 5.41) is 11.6. The van der Waals surface area contributed by atoms with Crippen molar-refractivity contribution >= 4 is 17.2 Å². The van der Waals surface area contributed by atoms with Crippen molar-refractivity contribution in [2.75, 3.05) is 13.2 Å². The van der Waals surface area contributed by atoms with Gasteiger partial charge in [-0.2, -0.15) is 0 Å². The van der Waals surface area contributed by atoms with E-state index in [1.807, 2.05) is 5.38 Å². The Hall–Kier alpha value is -1.79. The van der Waals surface area contributed by atoms with Crippen molar-refractivity contribution < 1.29 is 14.3 Å². The quantitative estimate of drug-likeness (QED) is 0.889. The first kappa shape index (κ1) is 15.1. The molecule has 1 heterocycles. The van der Waals surface area contributed by atoms with Gasteiger partial charge in [0.25, 0.3) is 0 Å². The van der Waals surface area contributed by atoms with Crippen LogP contribution in [-0.2, 0) is 11.2 Å². The first-order chi connectivity index (χ1) is 10.7. The van der Waals surface area contributed by atoms with Gasteiger partial charge in [-0.1, -0.05) is 12.1 Å². The van der Waals surface area contributed by atoms with Gasteiger partial charge in [0.05, 0.1) is 18.7 Å². The minimum Gasteiger partial charge on any atom is -0.395 e. The topological polar surface area (TPSA) is 53.4 Å². The SMILES string of the molecule is O=C(Cc1csc(-c2cccc(F)c2)n1)N(CCO)C1CC1. The van der Waals surface area contributed by atoms with Gasteiger partial charge < -0.3 is 10.0 Å². The first-order valence-electron chi connectivity index (χ1n) is 7.28. The lowest BCUT2D eigenvalue weighted by Gasteiger charge is -2.20. The Morgan fingerprint density at radius 3 is 2.95 bits per heavy atom. The zero-order chi connectivity index (χ0) is 15.5. The van der Waals surface area contributed by atoms with E-state index in [0.717, 1.165) is 18.4 Å². The van der Waals surface area contributed by atoms with Crippen LogP contribution < -0.4 is 0 Å². The monoisotopic (exact) mass is 320 g/mol. The molecule has 1 aromatic carbocycles. The van der Waals surface area contributed by atoms with Gasteiger partial charge in [-0.25, -0.2) is 9.37 Å². The number of aromatic nitrogens is 1. The highest BCUT2D eigenvalue weighted by Crippen LogP contribution is 2.28. The first-order valence-corrected chi connectivity index (χ1v) is 8.16. The molecule has 1 N–H and O–H groups in total. The number of nitrogens with zero attached hydrogens (tertiary/aromatic N) is 2. The largest absolute Gasteiger partial charge is 0.395 e. The molecule has 1 aliphatic carbocycles. The van der Waals surface area contributed by atoms with E-state index in [4.69, 9.17) is 5.11 Å². The number of halogens is 1. The Kier molecular flexibility index (Phi) is 4.49. The van der Waals surface area contributed by atoms with Gasteiger partial charge in [0, 0.05) is 23.5 Å². The molecule has 0 saturated heterocycles. The molecule has 0 unspecified atom stereocenters. The highest BCUT2D eigenvalue weighted by molar-refractivity contribution is 7.13. The Bertz CT molecular complexity index is 670. The summed E-state index contributed by atoms with van der Waals surface area (Å²) in [6.07, 6.45) is 2.25. The van der Waals surface area contributed by atoms with E-state index >= 15 is 0 Å². The smallest absolute Gasteiger partial charge is 0.228 e. The van der Waals surface area contributed by atoms with E-state index in [-0.39, 0.29) is 30.8 Å². The van der Waals surface area contributed by atoms with Crippen molar-refractivity contribution in [2.45, 2.75) is 25.3 Å². The van der Waals surface area contributed by atoms with Crippen LogP contribution in [0.5, 0.6) is 0 Å². The van der Waals surface area contributed by atoms with E-state index in [9.17, 15) is 9.18 Å². The van der Waals surface area contributed by atoms with Crippen LogP contribution >= 0.6 is 11.3 Å². The van der Waals surface area contributed by atoms with Crippen molar-refractivity contribution in [3.05, 3.63) is 41.2 Å². The zero-order valence-electron chi connectivity index (χ0n) is 12.0. The molecule has 1 fully saturated rings. The van der Waals surface area contributed by atoms with Crippen LogP contribution in [0.3, 0.4) is 0 Å². The third-order valence-corrected chi connectivity index (χ3v) is 4.54. The Morgan fingerprint density at radius 2 is 2.27 bits per heavy atom. The van der Waals surface area contributed by atoms with Crippen molar-refractivity contribution in [3.63, 3.8) is 0 Å². The van der Waals surface area contributed by atoms with E-state index in [2.05, 4.69) is 4.98 Å². The fraction of sp³-hybridized carbons (Fsp3) is 0.375. The number of hydrogen-bond acceptors (Lipinski definition) is 4. The van der Waals surface area contributed by atoms with Gasteiger partial charge in [0.2, 0.25) is 5.91 Å². The van der Waals surface area contributed by atoms with E-state index in [1.54, 1.807) is 17.0 Å². The number of thiazole rings is 1. The maximum atomic E-state index is 13.2. The van der Waals surface area contributed by atoms with E-state index in [0.29, 0.717) is 17.2 Å². The number of benzene rings is 1. The second-order valence-corrected chi connectivity index (χ2v) is 6.23. The lowest BCUT2D eigenvalue weighted by atomic mass is 10.2. The van der Waals surface area contributed by atoms with Crippen LogP contribution in [0.25, 0.3) is 10.6 Å². The molecule has 0 aliphatic heterocycles. The van der Waals surface area contributed by atoms with Gasteiger partial charge in [0.15, 0.2) is 0 Å². The molecule has 0 atom stereocenters. The Balaban J connectivity index is 1.70. The maximum Gasteiger partial charge on any atom is 0.228 e. The second kappa shape index (κ2) is 6.54. The lowest BCUT2D eigenvalue weighted by Crippen LogP contribution is -2.36.